The van der Waals surface area contributed by atoms with Crippen molar-refractivity contribution >= 4 is 20.6 Å². The Bertz CT molecular complexity index is 884. The van der Waals surface area contributed by atoms with Crippen molar-refractivity contribution < 1.29 is 13.5 Å². The van der Waals surface area contributed by atoms with Crippen molar-refractivity contribution in [3.8, 4) is 26.9 Å². The molecule has 0 spiro atoms. The van der Waals surface area contributed by atoms with E-state index in [9.17, 15) is 4.39 Å². The molecule has 1 aromatic heterocycles. The Hall–Kier alpha value is -2.16. The first-order valence-corrected chi connectivity index (χ1v) is 9.79. The minimum atomic E-state index is -0.626. The van der Waals surface area contributed by atoms with Crippen LogP contribution in [0.5, 0.6) is 5.75 Å². The fourth-order valence-corrected chi connectivity index (χ4v) is 4.49. The Labute approximate surface area is 152 Å². The summed E-state index contributed by atoms with van der Waals surface area (Å²) in [7, 11) is 0. The van der Waals surface area contributed by atoms with Gasteiger partial charge in [0, 0.05) is 0 Å². The molecule has 25 heavy (non-hydrogen) atoms. The van der Waals surface area contributed by atoms with Crippen LogP contribution in [-0.2, 0) is 0 Å². The molecule has 0 aliphatic heterocycles. The van der Waals surface area contributed by atoms with Gasteiger partial charge < -0.3 is 0 Å². The van der Waals surface area contributed by atoms with Gasteiger partial charge in [-0.3, -0.25) is 0 Å². The Morgan fingerprint density at radius 1 is 1.12 bits per heavy atom. The van der Waals surface area contributed by atoms with Gasteiger partial charge in [0.25, 0.3) is 0 Å². The number of hydrogen-bond donors (Lipinski definition) is 0. The van der Waals surface area contributed by atoms with Gasteiger partial charge in [-0.15, -0.1) is 0 Å². The van der Waals surface area contributed by atoms with Crippen molar-refractivity contribution in [1.29, 1.82) is 0 Å². The van der Waals surface area contributed by atoms with Crippen molar-refractivity contribution in [2.75, 3.05) is 6.61 Å². The monoisotopic (exact) mass is 404 g/mol. The van der Waals surface area contributed by atoms with Gasteiger partial charge in [0.2, 0.25) is 0 Å². The van der Waals surface area contributed by atoms with E-state index in [4.69, 9.17) is 4.74 Å². The average Bonchev–Trinajstić information content (AvgIpc) is 3.10. The summed E-state index contributed by atoms with van der Waals surface area (Å²) >= 11 is -0.153. The zero-order valence-corrected chi connectivity index (χ0v) is 15.6. The van der Waals surface area contributed by atoms with Crippen molar-refractivity contribution in [3.05, 3.63) is 71.2 Å². The van der Waals surface area contributed by atoms with Crippen LogP contribution in [0.1, 0.15) is 17.8 Å². The molecule has 1 heterocycles. The standard InChI is InChI=1S/C21H18F2OSe/c1-3-12-24-21-16(14-8-6-5-7-9-14)13-17(22)19(20(21)23)18-11-10-15(4-2)25-18/h4-11,13H,2-3,12H2,1H3. The Balaban J connectivity index is 2.20. The predicted octanol–water partition coefficient (Wildman–Crippen LogP) is 5.79. The molecular weight excluding hydrogens is 385 g/mol. The normalized spacial score (nSPS) is 10.7. The molecule has 0 fully saturated rings. The summed E-state index contributed by atoms with van der Waals surface area (Å²) in [6, 6.07) is 14.2. The number of rotatable bonds is 6. The van der Waals surface area contributed by atoms with Gasteiger partial charge in [-0.2, -0.15) is 0 Å². The second-order valence-electron chi connectivity index (χ2n) is 5.54. The van der Waals surface area contributed by atoms with Gasteiger partial charge in [-0.05, 0) is 0 Å². The van der Waals surface area contributed by atoms with Crippen LogP contribution in [0.3, 0.4) is 0 Å². The fraction of sp³-hybridized carbons (Fsp3) is 0.143. The molecule has 0 saturated carbocycles. The minimum absolute atomic E-state index is 0.0129. The molecule has 2 aromatic carbocycles. The summed E-state index contributed by atoms with van der Waals surface area (Å²) in [6.07, 6.45) is 2.47. The Morgan fingerprint density at radius 2 is 1.88 bits per heavy atom. The fourth-order valence-electron chi connectivity index (χ4n) is 2.60. The van der Waals surface area contributed by atoms with Crippen LogP contribution in [0.4, 0.5) is 8.78 Å². The van der Waals surface area contributed by atoms with E-state index >= 15 is 4.39 Å². The first-order valence-electron chi connectivity index (χ1n) is 8.08. The number of ether oxygens (including phenoxy) is 1. The van der Waals surface area contributed by atoms with Crippen molar-refractivity contribution in [2.45, 2.75) is 13.3 Å². The summed E-state index contributed by atoms with van der Waals surface area (Å²) < 4.78 is 37.4. The first kappa shape index (κ1) is 17.7. The van der Waals surface area contributed by atoms with E-state index in [1.807, 2.05) is 43.3 Å². The molecular formula is C21H18F2OSe. The van der Waals surface area contributed by atoms with E-state index in [-0.39, 0.29) is 25.8 Å². The molecule has 3 rings (SSSR count). The molecule has 0 amide bonds. The number of hydrogen-bond acceptors (Lipinski definition) is 1. The van der Waals surface area contributed by atoms with Gasteiger partial charge in [0.05, 0.1) is 0 Å². The number of halogens is 2. The van der Waals surface area contributed by atoms with Crippen LogP contribution in [-0.4, -0.2) is 21.1 Å². The number of benzene rings is 2. The van der Waals surface area contributed by atoms with Gasteiger partial charge in [-0.25, -0.2) is 0 Å². The van der Waals surface area contributed by atoms with E-state index in [1.54, 1.807) is 12.1 Å². The Morgan fingerprint density at radius 3 is 2.52 bits per heavy atom. The molecule has 0 atom stereocenters. The van der Waals surface area contributed by atoms with Gasteiger partial charge in [-0.1, -0.05) is 0 Å². The predicted molar refractivity (Wildman–Crippen MR) is 100 cm³/mol. The first-order chi connectivity index (χ1) is 12.2. The third-order valence-corrected chi connectivity index (χ3v) is 6.09. The van der Waals surface area contributed by atoms with Crippen LogP contribution in [0.25, 0.3) is 27.2 Å². The maximum absolute atomic E-state index is 15.2. The van der Waals surface area contributed by atoms with Crippen LogP contribution >= 0.6 is 0 Å². The summed E-state index contributed by atoms with van der Waals surface area (Å²) in [5.41, 5.74) is 1.18. The third kappa shape index (κ3) is 3.60. The molecule has 0 aliphatic rings. The molecule has 0 unspecified atom stereocenters. The molecule has 0 radical (unpaired) electrons. The second-order valence-corrected chi connectivity index (χ2v) is 7.88. The summed E-state index contributed by atoms with van der Waals surface area (Å²) in [4.78, 5) is 0. The summed E-state index contributed by atoms with van der Waals surface area (Å²) in [6.45, 7) is 6.06. The molecule has 1 nitrogen and oxygen atoms in total. The quantitative estimate of drug-likeness (QED) is 0.474. The topological polar surface area (TPSA) is 9.23 Å². The third-order valence-electron chi connectivity index (χ3n) is 3.78. The second kappa shape index (κ2) is 7.81. The maximum atomic E-state index is 15.2. The average molecular weight is 403 g/mol. The zero-order valence-electron chi connectivity index (χ0n) is 13.9. The molecule has 0 aliphatic carbocycles. The van der Waals surface area contributed by atoms with Crippen LogP contribution < -0.4 is 4.74 Å². The van der Waals surface area contributed by atoms with Crippen molar-refractivity contribution in [2.24, 2.45) is 0 Å². The molecule has 0 N–H and O–H groups in total. The van der Waals surface area contributed by atoms with Crippen LogP contribution in [0.2, 0.25) is 0 Å². The van der Waals surface area contributed by atoms with Crippen LogP contribution in [0.15, 0.2) is 55.1 Å². The SMILES string of the molecule is C=Cc1ccc(-c2c(F)cc(-c3ccccc3)c(OCCC)c2F)[se]1. The van der Waals surface area contributed by atoms with E-state index in [0.29, 0.717) is 16.6 Å². The van der Waals surface area contributed by atoms with Crippen LogP contribution in [0, 0.1) is 11.6 Å². The molecule has 0 bridgehead atoms. The van der Waals surface area contributed by atoms with Crippen molar-refractivity contribution in [3.63, 3.8) is 0 Å². The zero-order chi connectivity index (χ0) is 17.8. The van der Waals surface area contributed by atoms with Gasteiger partial charge in [0.15, 0.2) is 0 Å². The summed E-state index contributed by atoms with van der Waals surface area (Å²) in [5, 5.41) is 0. The molecule has 4 heteroatoms. The molecule has 128 valence electrons. The molecule has 0 saturated heterocycles. The van der Waals surface area contributed by atoms with Crippen molar-refractivity contribution in [1.82, 2.24) is 0 Å². The van der Waals surface area contributed by atoms with E-state index < -0.39 is 11.6 Å². The Kier molecular flexibility index (Phi) is 5.52. The van der Waals surface area contributed by atoms with E-state index in [1.165, 1.54) is 6.07 Å². The van der Waals surface area contributed by atoms with E-state index in [2.05, 4.69) is 6.58 Å². The van der Waals surface area contributed by atoms with E-state index in [0.717, 1.165) is 16.4 Å². The van der Waals surface area contributed by atoms with Gasteiger partial charge >= 0.3 is 152 Å². The van der Waals surface area contributed by atoms with Gasteiger partial charge in [0.1, 0.15) is 0 Å². The summed E-state index contributed by atoms with van der Waals surface area (Å²) in [5.74, 6) is -1.07. The molecule has 3 aromatic rings.